The van der Waals surface area contributed by atoms with Crippen molar-refractivity contribution < 1.29 is 4.79 Å². The fraction of sp³-hybridized carbons (Fsp3) is 0.125. The van der Waals surface area contributed by atoms with Crippen molar-refractivity contribution >= 4 is 5.91 Å². The molecule has 1 aromatic heterocycles. The Morgan fingerprint density at radius 1 is 1.67 bits per heavy atom. The Morgan fingerprint density at radius 3 is 3.08 bits per heavy atom. The van der Waals surface area contributed by atoms with Crippen molar-refractivity contribution in [1.82, 2.24) is 15.5 Å². The molecule has 1 aromatic rings. The van der Waals surface area contributed by atoms with E-state index in [2.05, 4.69) is 21.4 Å². The summed E-state index contributed by atoms with van der Waals surface area (Å²) in [6.45, 7) is 0.223. The third-order valence-corrected chi connectivity index (χ3v) is 1.20. The number of aromatic nitrogens is 2. The van der Waals surface area contributed by atoms with E-state index in [1.165, 1.54) is 12.4 Å². The van der Waals surface area contributed by atoms with E-state index >= 15 is 0 Å². The highest BCUT2D eigenvalue weighted by Crippen LogP contribution is 1.91. The van der Waals surface area contributed by atoms with Crippen molar-refractivity contribution in [2.75, 3.05) is 6.54 Å². The summed E-state index contributed by atoms with van der Waals surface area (Å²) in [4.78, 5) is 11.1. The molecular formula is C8H7N3O. The van der Waals surface area contributed by atoms with E-state index in [4.69, 9.17) is 6.42 Å². The maximum Gasteiger partial charge on any atom is 0.253 e. The Hall–Kier alpha value is -1.89. The lowest BCUT2D eigenvalue weighted by Gasteiger charge is -1.98. The zero-order chi connectivity index (χ0) is 8.81. The van der Waals surface area contributed by atoms with Gasteiger partial charge in [-0.15, -0.1) is 6.42 Å². The van der Waals surface area contributed by atoms with Crippen molar-refractivity contribution in [1.29, 1.82) is 0 Å². The molecule has 1 amide bonds. The largest absolute Gasteiger partial charge is 0.341 e. The van der Waals surface area contributed by atoms with Gasteiger partial charge in [0, 0.05) is 0 Å². The number of terminal acetylenes is 1. The summed E-state index contributed by atoms with van der Waals surface area (Å²) in [6.07, 6.45) is 7.79. The van der Waals surface area contributed by atoms with Crippen LogP contribution in [0.25, 0.3) is 0 Å². The number of carbonyl (C=O) groups is 1. The Balaban J connectivity index is 2.61. The molecule has 0 aliphatic rings. The zero-order valence-corrected chi connectivity index (χ0v) is 6.32. The summed E-state index contributed by atoms with van der Waals surface area (Å²) in [6, 6.07) is 1.57. The SMILES string of the molecule is C#CCNC(=O)c1ccnnc1. The lowest BCUT2D eigenvalue weighted by atomic mass is 10.3. The Morgan fingerprint density at radius 2 is 2.50 bits per heavy atom. The first-order chi connectivity index (χ1) is 5.84. The van der Waals surface area contributed by atoms with E-state index in [9.17, 15) is 4.79 Å². The van der Waals surface area contributed by atoms with Gasteiger partial charge in [-0.2, -0.15) is 10.2 Å². The predicted octanol–water partition coefficient (Wildman–Crippen LogP) is -0.160. The van der Waals surface area contributed by atoms with Crippen LogP contribution >= 0.6 is 0 Å². The van der Waals surface area contributed by atoms with Gasteiger partial charge in [0.1, 0.15) is 0 Å². The molecular weight excluding hydrogens is 154 g/mol. The summed E-state index contributed by atoms with van der Waals surface area (Å²) in [5.41, 5.74) is 0.459. The van der Waals surface area contributed by atoms with Crippen LogP contribution in [0.3, 0.4) is 0 Å². The predicted molar refractivity (Wildman–Crippen MR) is 43.2 cm³/mol. The van der Waals surface area contributed by atoms with Gasteiger partial charge in [0.15, 0.2) is 0 Å². The van der Waals surface area contributed by atoms with Gasteiger partial charge in [0.25, 0.3) is 5.91 Å². The molecule has 0 spiro atoms. The van der Waals surface area contributed by atoms with E-state index in [1.807, 2.05) is 0 Å². The van der Waals surface area contributed by atoms with E-state index < -0.39 is 0 Å². The molecule has 0 aromatic carbocycles. The maximum atomic E-state index is 11.1. The molecule has 60 valence electrons. The van der Waals surface area contributed by atoms with Crippen molar-refractivity contribution in [3.8, 4) is 12.3 Å². The Kier molecular flexibility index (Phi) is 2.79. The molecule has 0 unspecified atom stereocenters. The smallest absolute Gasteiger partial charge is 0.253 e. The van der Waals surface area contributed by atoms with E-state index in [0.717, 1.165) is 0 Å². The molecule has 1 N–H and O–H groups in total. The van der Waals surface area contributed by atoms with Gasteiger partial charge < -0.3 is 5.32 Å². The number of rotatable bonds is 2. The van der Waals surface area contributed by atoms with Gasteiger partial charge in [-0.1, -0.05) is 5.92 Å². The fourth-order valence-corrected chi connectivity index (χ4v) is 0.658. The van der Waals surface area contributed by atoms with Gasteiger partial charge in [0.2, 0.25) is 0 Å². The normalized spacial score (nSPS) is 8.58. The third kappa shape index (κ3) is 2.06. The second-order valence-electron chi connectivity index (χ2n) is 2.02. The Labute approximate surface area is 70.0 Å². The van der Waals surface area contributed by atoms with Crippen LogP contribution in [0.5, 0.6) is 0 Å². The number of hydrogen-bond donors (Lipinski definition) is 1. The van der Waals surface area contributed by atoms with Gasteiger partial charge >= 0.3 is 0 Å². The summed E-state index contributed by atoms with van der Waals surface area (Å²) in [5, 5.41) is 9.59. The highest BCUT2D eigenvalue weighted by Gasteiger charge is 2.02. The highest BCUT2D eigenvalue weighted by atomic mass is 16.1. The topological polar surface area (TPSA) is 54.9 Å². The lowest BCUT2D eigenvalue weighted by molar-refractivity contribution is 0.0958. The van der Waals surface area contributed by atoms with Crippen molar-refractivity contribution in [3.05, 3.63) is 24.0 Å². The quantitative estimate of drug-likeness (QED) is 0.613. The molecule has 0 atom stereocenters. The standard InChI is InChI=1S/C8H7N3O/c1-2-4-9-8(12)7-3-5-10-11-6-7/h1,3,5-6H,4H2,(H,9,12). The number of nitrogens with zero attached hydrogens (tertiary/aromatic N) is 2. The maximum absolute atomic E-state index is 11.1. The average molecular weight is 161 g/mol. The van der Waals surface area contributed by atoms with Gasteiger partial charge in [0.05, 0.1) is 24.5 Å². The van der Waals surface area contributed by atoms with E-state index in [1.54, 1.807) is 6.07 Å². The summed E-state index contributed by atoms with van der Waals surface area (Å²) >= 11 is 0. The second kappa shape index (κ2) is 4.09. The van der Waals surface area contributed by atoms with Crippen LogP contribution in [0, 0.1) is 12.3 Å². The van der Waals surface area contributed by atoms with Crippen molar-refractivity contribution in [3.63, 3.8) is 0 Å². The Bertz CT molecular complexity index is 302. The average Bonchev–Trinajstić information content (AvgIpc) is 2.15. The van der Waals surface area contributed by atoms with Crippen LogP contribution in [0.2, 0.25) is 0 Å². The molecule has 0 saturated carbocycles. The molecule has 4 heteroatoms. The number of carbonyl (C=O) groups excluding carboxylic acids is 1. The first kappa shape index (κ1) is 8.21. The minimum atomic E-state index is -0.233. The molecule has 1 rings (SSSR count). The van der Waals surface area contributed by atoms with Gasteiger partial charge in [-0.05, 0) is 6.07 Å². The minimum Gasteiger partial charge on any atom is -0.341 e. The summed E-state index contributed by atoms with van der Waals surface area (Å²) < 4.78 is 0. The van der Waals surface area contributed by atoms with Crippen LogP contribution in [-0.4, -0.2) is 22.6 Å². The first-order valence-corrected chi connectivity index (χ1v) is 3.33. The third-order valence-electron chi connectivity index (χ3n) is 1.20. The second-order valence-corrected chi connectivity index (χ2v) is 2.02. The zero-order valence-electron chi connectivity index (χ0n) is 6.32. The van der Waals surface area contributed by atoms with Gasteiger partial charge in [-0.3, -0.25) is 4.79 Å². The van der Waals surface area contributed by atoms with Crippen LogP contribution in [0.4, 0.5) is 0 Å². The molecule has 0 aliphatic carbocycles. The first-order valence-electron chi connectivity index (χ1n) is 3.33. The van der Waals surface area contributed by atoms with Crippen LogP contribution in [0.15, 0.2) is 18.5 Å². The molecule has 0 radical (unpaired) electrons. The molecule has 0 saturated heterocycles. The van der Waals surface area contributed by atoms with Crippen molar-refractivity contribution in [2.24, 2.45) is 0 Å². The number of nitrogens with one attached hydrogen (secondary N) is 1. The summed E-state index contributed by atoms with van der Waals surface area (Å²) in [7, 11) is 0. The fourth-order valence-electron chi connectivity index (χ4n) is 0.658. The van der Waals surface area contributed by atoms with Crippen LogP contribution < -0.4 is 5.32 Å². The highest BCUT2D eigenvalue weighted by molar-refractivity contribution is 5.93. The molecule has 12 heavy (non-hydrogen) atoms. The molecule has 0 bridgehead atoms. The summed E-state index contributed by atoms with van der Waals surface area (Å²) in [5.74, 6) is 2.07. The van der Waals surface area contributed by atoms with Crippen molar-refractivity contribution in [2.45, 2.75) is 0 Å². The van der Waals surface area contributed by atoms with Crippen LogP contribution in [0.1, 0.15) is 10.4 Å². The molecule has 0 fully saturated rings. The number of hydrogen-bond acceptors (Lipinski definition) is 3. The lowest BCUT2D eigenvalue weighted by Crippen LogP contribution is -2.23. The minimum absolute atomic E-state index is 0.223. The molecule has 0 aliphatic heterocycles. The monoisotopic (exact) mass is 161 g/mol. The molecule has 4 nitrogen and oxygen atoms in total. The van der Waals surface area contributed by atoms with E-state index in [-0.39, 0.29) is 12.5 Å². The van der Waals surface area contributed by atoms with Gasteiger partial charge in [-0.25, -0.2) is 0 Å². The van der Waals surface area contributed by atoms with Crippen LogP contribution in [-0.2, 0) is 0 Å². The van der Waals surface area contributed by atoms with E-state index in [0.29, 0.717) is 5.56 Å². The molecule has 1 heterocycles. The number of amides is 1.